The smallest absolute Gasteiger partial charge is 0.179 e. The van der Waals surface area contributed by atoms with Crippen molar-refractivity contribution in [2.24, 2.45) is 5.41 Å². The van der Waals surface area contributed by atoms with Crippen molar-refractivity contribution in [3.63, 3.8) is 0 Å². The van der Waals surface area contributed by atoms with Crippen LogP contribution in [0.5, 0.6) is 11.5 Å². The molecule has 114 valence electrons. The summed E-state index contributed by atoms with van der Waals surface area (Å²) in [7, 11) is 3.16. The van der Waals surface area contributed by atoms with Gasteiger partial charge in [-0.05, 0) is 23.5 Å². The normalized spacial score (nSPS) is 11.5. The summed E-state index contributed by atoms with van der Waals surface area (Å²) in [5.41, 5.74) is 1.02. The van der Waals surface area contributed by atoms with Crippen LogP contribution in [0.25, 0.3) is 0 Å². The Balaban J connectivity index is 2.70. The minimum Gasteiger partial charge on any atom is -0.493 e. The minimum atomic E-state index is 0.0534. The van der Waals surface area contributed by atoms with E-state index in [-0.39, 0.29) is 12.0 Å². The van der Waals surface area contributed by atoms with Gasteiger partial charge in [0.1, 0.15) is 0 Å². The van der Waals surface area contributed by atoms with Crippen molar-refractivity contribution >= 4 is 11.6 Å². The molecule has 5 heteroatoms. The maximum Gasteiger partial charge on any atom is 0.179 e. The van der Waals surface area contributed by atoms with Crippen molar-refractivity contribution in [3.05, 3.63) is 22.7 Å². The molecule has 20 heavy (non-hydrogen) atoms. The third kappa shape index (κ3) is 4.54. The Hall–Kier alpha value is -0.970. The van der Waals surface area contributed by atoms with Gasteiger partial charge in [0, 0.05) is 19.7 Å². The molecule has 0 unspecified atom stereocenters. The SMILES string of the molecule is COc1ccc(CNCC(C)(C)CCO)c(Cl)c1OC. The van der Waals surface area contributed by atoms with Crippen LogP contribution < -0.4 is 14.8 Å². The van der Waals surface area contributed by atoms with E-state index in [4.69, 9.17) is 26.2 Å². The third-order valence-electron chi connectivity index (χ3n) is 3.27. The summed E-state index contributed by atoms with van der Waals surface area (Å²) in [6.45, 7) is 5.89. The van der Waals surface area contributed by atoms with Crippen molar-refractivity contribution in [1.82, 2.24) is 5.32 Å². The minimum absolute atomic E-state index is 0.0534. The first-order chi connectivity index (χ1) is 9.45. The summed E-state index contributed by atoms with van der Waals surface area (Å²) >= 11 is 6.32. The molecule has 0 aliphatic rings. The van der Waals surface area contributed by atoms with Crippen molar-refractivity contribution in [2.75, 3.05) is 27.4 Å². The molecule has 4 nitrogen and oxygen atoms in total. The number of hydrogen-bond donors (Lipinski definition) is 2. The molecule has 0 saturated carbocycles. The standard InChI is InChI=1S/C15H24ClNO3/c1-15(2,7-8-18)10-17-9-11-5-6-12(19-3)14(20-4)13(11)16/h5-6,17-18H,7-10H2,1-4H3. The Bertz CT molecular complexity index is 435. The summed E-state index contributed by atoms with van der Waals surface area (Å²) < 4.78 is 10.5. The first-order valence-corrected chi connectivity index (χ1v) is 7.04. The average molecular weight is 302 g/mol. The fourth-order valence-corrected chi connectivity index (χ4v) is 2.29. The van der Waals surface area contributed by atoms with E-state index in [0.717, 1.165) is 18.5 Å². The van der Waals surface area contributed by atoms with E-state index in [9.17, 15) is 0 Å². The molecule has 0 heterocycles. The second-order valence-corrected chi connectivity index (χ2v) is 5.89. The van der Waals surface area contributed by atoms with Gasteiger partial charge in [0.05, 0.1) is 19.2 Å². The van der Waals surface area contributed by atoms with Gasteiger partial charge < -0.3 is 19.9 Å². The maximum absolute atomic E-state index is 9.01. The molecule has 0 aromatic heterocycles. The van der Waals surface area contributed by atoms with Crippen LogP contribution in [-0.4, -0.2) is 32.5 Å². The lowest BCUT2D eigenvalue weighted by Crippen LogP contribution is -2.30. The van der Waals surface area contributed by atoms with Crippen LogP contribution >= 0.6 is 11.6 Å². The monoisotopic (exact) mass is 301 g/mol. The molecular weight excluding hydrogens is 278 g/mol. The van der Waals surface area contributed by atoms with E-state index < -0.39 is 0 Å². The van der Waals surface area contributed by atoms with Gasteiger partial charge in [0.2, 0.25) is 0 Å². The van der Waals surface area contributed by atoms with Gasteiger partial charge in [-0.1, -0.05) is 31.5 Å². The van der Waals surface area contributed by atoms with Crippen molar-refractivity contribution in [1.29, 1.82) is 0 Å². The Labute approximate surface area is 126 Å². The van der Waals surface area contributed by atoms with Gasteiger partial charge in [0.15, 0.2) is 11.5 Å². The van der Waals surface area contributed by atoms with Gasteiger partial charge in [-0.15, -0.1) is 0 Å². The quantitative estimate of drug-likeness (QED) is 0.775. The van der Waals surface area contributed by atoms with Crippen LogP contribution in [0.3, 0.4) is 0 Å². The van der Waals surface area contributed by atoms with E-state index in [1.807, 2.05) is 12.1 Å². The molecule has 0 amide bonds. The third-order valence-corrected chi connectivity index (χ3v) is 3.69. The lowest BCUT2D eigenvalue weighted by atomic mass is 9.90. The van der Waals surface area contributed by atoms with E-state index in [1.54, 1.807) is 14.2 Å². The van der Waals surface area contributed by atoms with Crippen LogP contribution in [-0.2, 0) is 6.54 Å². The number of hydrogen-bond acceptors (Lipinski definition) is 4. The Morgan fingerprint density at radius 1 is 1.25 bits per heavy atom. The molecule has 1 rings (SSSR count). The van der Waals surface area contributed by atoms with Crippen molar-refractivity contribution < 1.29 is 14.6 Å². The van der Waals surface area contributed by atoms with Crippen LogP contribution in [0.2, 0.25) is 5.02 Å². The highest BCUT2D eigenvalue weighted by atomic mass is 35.5. The first-order valence-electron chi connectivity index (χ1n) is 6.66. The van der Waals surface area contributed by atoms with E-state index in [1.165, 1.54) is 0 Å². The molecule has 0 atom stereocenters. The summed E-state index contributed by atoms with van der Waals surface area (Å²) in [5.74, 6) is 1.19. The van der Waals surface area contributed by atoms with Gasteiger partial charge in [-0.25, -0.2) is 0 Å². The predicted octanol–water partition coefficient (Wildman–Crippen LogP) is 2.86. The maximum atomic E-state index is 9.01. The Morgan fingerprint density at radius 2 is 1.95 bits per heavy atom. The molecule has 0 saturated heterocycles. The van der Waals surface area contributed by atoms with E-state index >= 15 is 0 Å². The summed E-state index contributed by atoms with van der Waals surface area (Å²) in [6.07, 6.45) is 0.764. The van der Waals surface area contributed by atoms with Gasteiger partial charge in [-0.2, -0.15) is 0 Å². The number of nitrogens with one attached hydrogen (secondary N) is 1. The number of rotatable bonds is 8. The van der Waals surface area contributed by atoms with Gasteiger partial charge >= 0.3 is 0 Å². The molecule has 0 bridgehead atoms. The lowest BCUT2D eigenvalue weighted by Gasteiger charge is -2.24. The molecule has 0 spiro atoms. The fraction of sp³-hybridized carbons (Fsp3) is 0.600. The molecule has 0 fully saturated rings. The van der Waals surface area contributed by atoms with Gasteiger partial charge in [0.25, 0.3) is 0 Å². The molecule has 0 radical (unpaired) electrons. The van der Waals surface area contributed by atoms with Crippen molar-refractivity contribution in [3.8, 4) is 11.5 Å². The average Bonchev–Trinajstić information content (AvgIpc) is 2.40. The van der Waals surface area contributed by atoms with Crippen LogP contribution in [0, 0.1) is 5.41 Å². The zero-order valence-electron chi connectivity index (χ0n) is 12.6. The molecule has 1 aromatic carbocycles. The highest BCUT2D eigenvalue weighted by Gasteiger charge is 2.17. The number of aliphatic hydroxyl groups excluding tert-OH is 1. The van der Waals surface area contributed by atoms with Crippen LogP contribution in [0.1, 0.15) is 25.8 Å². The summed E-state index contributed by atoms with van der Waals surface area (Å²) in [6, 6.07) is 3.77. The zero-order chi connectivity index (χ0) is 15.2. The largest absolute Gasteiger partial charge is 0.493 e. The predicted molar refractivity (Wildman–Crippen MR) is 81.7 cm³/mol. The second-order valence-electron chi connectivity index (χ2n) is 5.52. The second kappa shape index (κ2) is 7.72. The number of methoxy groups -OCH3 is 2. The topological polar surface area (TPSA) is 50.7 Å². The van der Waals surface area contributed by atoms with Gasteiger partial charge in [-0.3, -0.25) is 0 Å². The fourth-order valence-electron chi connectivity index (χ4n) is 1.99. The molecule has 0 aliphatic heterocycles. The zero-order valence-corrected chi connectivity index (χ0v) is 13.4. The highest BCUT2D eigenvalue weighted by Crippen LogP contribution is 2.37. The number of aliphatic hydroxyl groups is 1. The Kier molecular flexibility index (Phi) is 6.59. The van der Waals surface area contributed by atoms with Crippen LogP contribution in [0.15, 0.2) is 12.1 Å². The number of halogens is 1. The van der Waals surface area contributed by atoms with Crippen LogP contribution in [0.4, 0.5) is 0 Å². The lowest BCUT2D eigenvalue weighted by molar-refractivity contribution is 0.207. The first kappa shape index (κ1) is 17.1. The Morgan fingerprint density at radius 3 is 2.50 bits per heavy atom. The molecule has 0 aliphatic carbocycles. The van der Waals surface area contributed by atoms with Crippen molar-refractivity contribution in [2.45, 2.75) is 26.8 Å². The summed E-state index contributed by atoms with van der Waals surface area (Å²) in [4.78, 5) is 0. The van der Waals surface area contributed by atoms with E-state index in [2.05, 4.69) is 19.2 Å². The molecule has 1 aromatic rings. The number of ether oxygens (including phenoxy) is 2. The molecule has 2 N–H and O–H groups in total. The highest BCUT2D eigenvalue weighted by molar-refractivity contribution is 6.33. The number of benzene rings is 1. The van der Waals surface area contributed by atoms with E-state index in [0.29, 0.717) is 23.1 Å². The molecular formula is C15H24ClNO3. The summed E-state index contributed by atoms with van der Waals surface area (Å²) in [5, 5.41) is 12.9.